The minimum atomic E-state index is -4.27. The van der Waals surface area contributed by atoms with Gasteiger partial charge >= 0.3 is 12.3 Å². The number of halogens is 3. The third-order valence-electron chi connectivity index (χ3n) is 7.28. The molecule has 1 heterocycles. The molecular weight excluding hydrogens is 495 g/mol. The number of H-pyrrole nitrogens is 1. The van der Waals surface area contributed by atoms with Crippen LogP contribution < -0.4 is 16.4 Å². The number of amides is 1. The van der Waals surface area contributed by atoms with E-state index in [2.05, 4.69) is 39.6 Å². The second kappa shape index (κ2) is 12.6. The molecule has 0 spiro atoms. The number of hydrogen-bond donors (Lipinski definition) is 4. The van der Waals surface area contributed by atoms with Crippen LogP contribution in [0.15, 0.2) is 35.6 Å². The lowest BCUT2D eigenvalue weighted by Gasteiger charge is -2.32. The highest BCUT2D eigenvalue weighted by Gasteiger charge is 2.34. The van der Waals surface area contributed by atoms with E-state index >= 15 is 0 Å². The van der Waals surface area contributed by atoms with Crippen molar-refractivity contribution in [2.75, 3.05) is 13.1 Å². The molecule has 0 aromatic carbocycles. The Kier molecular flexibility index (Phi) is 9.97. The lowest BCUT2D eigenvalue weighted by molar-refractivity contribution is -0.0941. The van der Waals surface area contributed by atoms with Gasteiger partial charge in [0.2, 0.25) is 0 Å². The number of hydrogen-bond acceptors (Lipinski definition) is 4. The lowest BCUT2D eigenvalue weighted by atomic mass is 9.83. The molecule has 1 aromatic rings. The molecule has 0 saturated carbocycles. The number of aromatic nitrogens is 2. The van der Waals surface area contributed by atoms with Crippen LogP contribution >= 0.6 is 0 Å². The first-order valence-corrected chi connectivity index (χ1v) is 13.7. The van der Waals surface area contributed by atoms with E-state index in [9.17, 15) is 18.0 Å². The van der Waals surface area contributed by atoms with E-state index in [1.165, 1.54) is 11.6 Å². The van der Waals surface area contributed by atoms with E-state index in [-0.39, 0.29) is 30.5 Å². The highest BCUT2D eigenvalue weighted by molar-refractivity contribution is 5.67. The average Bonchev–Trinajstić information content (AvgIpc) is 2.80. The summed E-state index contributed by atoms with van der Waals surface area (Å²) in [6.45, 7) is 10.7. The van der Waals surface area contributed by atoms with Crippen molar-refractivity contribution in [2.24, 2.45) is 11.7 Å². The fourth-order valence-electron chi connectivity index (χ4n) is 4.95. The zero-order chi connectivity index (χ0) is 28.1. The molecular formula is C28H44F3N5O2. The predicted molar refractivity (Wildman–Crippen MR) is 145 cm³/mol. The van der Waals surface area contributed by atoms with Crippen molar-refractivity contribution in [1.82, 2.24) is 20.4 Å². The van der Waals surface area contributed by atoms with Crippen molar-refractivity contribution < 1.29 is 22.7 Å². The van der Waals surface area contributed by atoms with Crippen LogP contribution in [0.4, 0.5) is 18.0 Å². The lowest BCUT2D eigenvalue weighted by Crippen LogP contribution is -2.42. The fourth-order valence-corrected chi connectivity index (χ4v) is 4.95. The molecule has 0 bridgehead atoms. The number of alkyl carbamates (subject to hydrolysis) is 1. The number of aromatic amines is 1. The third kappa shape index (κ3) is 8.53. The Balaban J connectivity index is 1.50. The summed E-state index contributed by atoms with van der Waals surface area (Å²) < 4.78 is 46.8. The van der Waals surface area contributed by atoms with Gasteiger partial charge in [-0.05, 0) is 89.4 Å². The molecule has 2 aliphatic rings. The molecule has 0 saturated heterocycles. The maximum absolute atomic E-state index is 13.1. The highest BCUT2D eigenvalue weighted by Crippen LogP contribution is 2.34. The van der Waals surface area contributed by atoms with Crippen molar-refractivity contribution in [1.29, 1.82) is 0 Å². The number of nitrogens with zero attached hydrogens (tertiary/aromatic N) is 1. The number of allylic oxidation sites excluding steroid dienone is 3. The molecule has 10 heteroatoms. The van der Waals surface area contributed by atoms with E-state index < -0.39 is 23.4 Å². The van der Waals surface area contributed by atoms with Gasteiger partial charge in [0, 0.05) is 36.9 Å². The van der Waals surface area contributed by atoms with Crippen LogP contribution in [0.2, 0.25) is 0 Å². The monoisotopic (exact) mass is 539 g/mol. The fraction of sp³-hybridized carbons (Fsp3) is 0.679. The van der Waals surface area contributed by atoms with Crippen LogP contribution in [-0.4, -0.2) is 52.8 Å². The van der Waals surface area contributed by atoms with Gasteiger partial charge in [-0.25, -0.2) is 4.79 Å². The summed E-state index contributed by atoms with van der Waals surface area (Å²) in [6, 6.07) is 0.0568. The van der Waals surface area contributed by atoms with E-state index in [1.807, 2.05) is 33.8 Å². The van der Waals surface area contributed by atoms with E-state index in [4.69, 9.17) is 10.5 Å². The minimum absolute atomic E-state index is 0.000776. The maximum atomic E-state index is 13.1. The molecule has 7 nitrogen and oxygen atoms in total. The van der Waals surface area contributed by atoms with Crippen LogP contribution in [0.1, 0.15) is 84.9 Å². The highest BCUT2D eigenvalue weighted by atomic mass is 19.4. The van der Waals surface area contributed by atoms with Crippen LogP contribution in [0.3, 0.4) is 0 Å². The van der Waals surface area contributed by atoms with E-state index in [1.54, 1.807) is 0 Å². The predicted octanol–water partition coefficient (Wildman–Crippen LogP) is 5.99. The topological polar surface area (TPSA) is 97.1 Å². The summed E-state index contributed by atoms with van der Waals surface area (Å²) >= 11 is 0. The van der Waals surface area contributed by atoms with Crippen LogP contribution in [0, 0.1) is 5.92 Å². The number of rotatable bonds is 10. The van der Waals surface area contributed by atoms with Crippen LogP contribution in [0.5, 0.6) is 0 Å². The van der Waals surface area contributed by atoms with Gasteiger partial charge in [-0.2, -0.15) is 13.2 Å². The van der Waals surface area contributed by atoms with Gasteiger partial charge in [-0.1, -0.05) is 19.1 Å². The molecule has 5 N–H and O–H groups in total. The summed E-state index contributed by atoms with van der Waals surface area (Å²) in [4.78, 5) is 11.9. The quantitative estimate of drug-likeness (QED) is 0.294. The van der Waals surface area contributed by atoms with Gasteiger partial charge in [0.1, 0.15) is 5.60 Å². The van der Waals surface area contributed by atoms with Gasteiger partial charge in [0.25, 0.3) is 0 Å². The van der Waals surface area contributed by atoms with E-state index in [0.29, 0.717) is 25.1 Å². The molecule has 0 radical (unpaired) electrons. The number of nitrogens with two attached hydrogens (primary N) is 1. The third-order valence-corrected chi connectivity index (χ3v) is 7.28. The zero-order valence-corrected chi connectivity index (χ0v) is 23.3. The number of carbonyl (C=O) groups excluding carboxylic acids is 1. The number of nitrogens with one attached hydrogen (secondary N) is 3. The molecule has 4 atom stereocenters. The zero-order valence-electron chi connectivity index (χ0n) is 23.3. The van der Waals surface area contributed by atoms with E-state index in [0.717, 1.165) is 31.4 Å². The first kappa shape index (κ1) is 30.1. The summed E-state index contributed by atoms with van der Waals surface area (Å²) in [7, 11) is 0. The first-order chi connectivity index (χ1) is 17.8. The summed E-state index contributed by atoms with van der Waals surface area (Å²) in [5, 5.41) is 9.68. The van der Waals surface area contributed by atoms with Gasteiger partial charge in [-0.3, -0.25) is 9.78 Å². The molecule has 0 aliphatic heterocycles. The smallest absolute Gasteiger partial charge is 0.412 e. The molecule has 38 heavy (non-hydrogen) atoms. The molecule has 214 valence electrons. The molecule has 1 aromatic heterocycles. The second-order valence-corrected chi connectivity index (χ2v) is 11.5. The molecule has 4 unspecified atom stereocenters. The Hall–Kier alpha value is -2.46. The largest absolute Gasteiger partial charge is 0.444 e. The van der Waals surface area contributed by atoms with Gasteiger partial charge in [0.15, 0.2) is 0 Å². The van der Waals surface area contributed by atoms with Crippen molar-refractivity contribution >= 4 is 11.7 Å². The SMILES string of the molecule is CCC(CCNC(=O)OC(C)(C)C)n1cc(C2=CCC(N)C(CNC(C)C3=CCCC(C(F)(F)F)=C3)C2)[nH]1. The summed E-state index contributed by atoms with van der Waals surface area (Å²) in [5.41, 5.74) is 8.40. The Morgan fingerprint density at radius 1 is 1.29 bits per heavy atom. The Labute approximate surface area is 224 Å². The first-order valence-electron chi connectivity index (χ1n) is 13.7. The second-order valence-electron chi connectivity index (χ2n) is 11.5. The average molecular weight is 540 g/mol. The number of ether oxygens (including phenoxy) is 1. The maximum Gasteiger partial charge on any atom is 0.412 e. The summed E-state index contributed by atoms with van der Waals surface area (Å²) in [5.74, 6) is 0.185. The van der Waals surface area contributed by atoms with Gasteiger partial charge in [-0.15, -0.1) is 0 Å². The minimum Gasteiger partial charge on any atom is -0.444 e. The Morgan fingerprint density at radius 3 is 2.63 bits per heavy atom. The molecule has 1 amide bonds. The number of alkyl halides is 3. The number of carbonyl (C=O) groups is 1. The van der Waals surface area contributed by atoms with Gasteiger partial charge in [0.05, 0.1) is 11.7 Å². The summed E-state index contributed by atoms with van der Waals surface area (Å²) in [6.07, 6.45) is 6.49. The standard InChI is InChI=1S/C28H44F3N5O2/c1-6-23(12-13-33-26(37)38-27(3,4)5)36-17-25(35-36)20-10-11-24(32)21(14-20)16-34-18(2)19-8-7-9-22(15-19)28(29,30)31/h8,10,15,17-18,21,23-24,34-35H,6-7,9,11-14,16,32H2,1-5H3,(H,33,37). The Morgan fingerprint density at radius 2 is 2.00 bits per heavy atom. The van der Waals surface area contributed by atoms with Crippen molar-refractivity contribution in [3.8, 4) is 0 Å². The Bertz CT molecular complexity index is 1020. The molecule has 2 aliphatic carbocycles. The van der Waals surface area contributed by atoms with Crippen molar-refractivity contribution in [3.63, 3.8) is 0 Å². The van der Waals surface area contributed by atoms with Crippen LogP contribution in [-0.2, 0) is 4.74 Å². The van der Waals surface area contributed by atoms with Gasteiger partial charge < -0.3 is 21.1 Å². The molecule has 3 rings (SSSR count). The van der Waals surface area contributed by atoms with Crippen molar-refractivity contribution in [3.05, 3.63) is 41.3 Å². The normalized spacial score (nSPS) is 22.3. The molecule has 0 fully saturated rings. The van der Waals surface area contributed by atoms with Crippen LogP contribution in [0.25, 0.3) is 5.57 Å². The van der Waals surface area contributed by atoms with Crippen molar-refractivity contribution in [2.45, 2.75) is 103 Å².